The first-order valence-electron chi connectivity index (χ1n) is 6.24. The van der Waals surface area contributed by atoms with Crippen LogP contribution in [0.4, 0.5) is 4.39 Å². The molecule has 0 aromatic heterocycles. The largest absolute Gasteiger partial charge is 0.465 e. The molecule has 7 heteroatoms. The Morgan fingerprint density at radius 2 is 2.05 bits per heavy atom. The molecule has 1 rings (SSSR count). The van der Waals surface area contributed by atoms with Crippen molar-refractivity contribution in [2.75, 3.05) is 12.9 Å². The lowest BCUT2D eigenvalue weighted by atomic mass is 10.0. The molecule has 0 heterocycles. The number of carbonyl (C=O) groups is 2. The minimum atomic E-state index is -1.29. The van der Waals surface area contributed by atoms with Crippen molar-refractivity contribution in [2.45, 2.75) is 25.6 Å². The van der Waals surface area contributed by atoms with Crippen LogP contribution in [-0.2, 0) is 9.53 Å². The normalized spacial score (nSPS) is 13.6. The molecule has 0 fully saturated rings. The van der Waals surface area contributed by atoms with Crippen LogP contribution < -0.4 is 0 Å². The van der Waals surface area contributed by atoms with E-state index in [0.29, 0.717) is 5.75 Å². The number of esters is 1. The Balaban J connectivity index is 2.74. The van der Waals surface area contributed by atoms with E-state index in [1.165, 1.54) is 19.1 Å². The number of rotatable bonds is 6. The molecule has 0 bridgehead atoms. The topological polar surface area (TPSA) is 83.8 Å². The van der Waals surface area contributed by atoms with E-state index >= 15 is 0 Å². The number of hydrogen-bond acceptors (Lipinski definition) is 6. The number of benzene rings is 1. The van der Waals surface area contributed by atoms with Crippen LogP contribution in [0.2, 0.25) is 0 Å². The first-order chi connectivity index (χ1) is 9.86. The van der Waals surface area contributed by atoms with E-state index in [2.05, 4.69) is 4.74 Å². The second-order valence-electron chi connectivity index (χ2n) is 4.37. The SMILES string of the molecule is COC(=O)c1ccc(C(O)C(O)CCSC(C)=O)cc1F. The highest BCUT2D eigenvalue weighted by Crippen LogP contribution is 2.23. The summed E-state index contributed by atoms with van der Waals surface area (Å²) in [5.41, 5.74) is -0.0875. The highest BCUT2D eigenvalue weighted by molar-refractivity contribution is 8.13. The summed E-state index contributed by atoms with van der Waals surface area (Å²) in [6.07, 6.45) is -2.23. The highest BCUT2D eigenvalue weighted by atomic mass is 32.2. The number of thioether (sulfide) groups is 1. The molecule has 0 radical (unpaired) electrons. The van der Waals surface area contributed by atoms with Crippen molar-refractivity contribution < 1.29 is 28.9 Å². The fourth-order valence-electron chi connectivity index (χ4n) is 1.69. The molecule has 2 atom stereocenters. The van der Waals surface area contributed by atoms with Gasteiger partial charge in [0.25, 0.3) is 0 Å². The van der Waals surface area contributed by atoms with E-state index in [1.54, 1.807) is 0 Å². The van der Waals surface area contributed by atoms with Crippen LogP contribution in [0.5, 0.6) is 0 Å². The summed E-state index contributed by atoms with van der Waals surface area (Å²) in [5.74, 6) is -1.29. The summed E-state index contributed by atoms with van der Waals surface area (Å²) in [6, 6.07) is 3.52. The zero-order valence-electron chi connectivity index (χ0n) is 11.7. The molecule has 0 amide bonds. The maximum atomic E-state index is 13.7. The van der Waals surface area contributed by atoms with Crippen molar-refractivity contribution >= 4 is 22.8 Å². The third-order valence-corrected chi connectivity index (χ3v) is 3.67. The molecule has 0 saturated heterocycles. The third-order valence-electron chi connectivity index (χ3n) is 2.82. The van der Waals surface area contributed by atoms with Crippen molar-refractivity contribution in [3.8, 4) is 0 Å². The third kappa shape index (κ3) is 5.11. The minimum Gasteiger partial charge on any atom is -0.465 e. The number of methoxy groups -OCH3 is 1. The van der Waals surface area contributed by atoms with E-state index < -0.39 is 24.0 Å². The number of ether oxygens (including phenoxy) is 1. The van der Waals surface area contributed by atoms with Crippen LogP contribution in [-0.4, -0.2) is 40.3 Å². The second-order valence-corrected chi connectivity index (χ2v) is 5.64. The van der Waals surface area contributed by atoms with Gasteiger partial charge in [-0.25, -0.2) is 9.18 Å². The zero-order chi connectivity index (χ0) is 16.0. The molecule has 2 N–H and O–H groups in total. The van der Waals surface area contributed by atoms with Crippen molar-refractivity contribution in [3.63, 3.8) is 0 Å². The van der Waals surface area contributed by atoms with Crippen molar-refractivity contribution in [1.29, 1.82) is 0 Å². The first kappa shape index (κ1) is 17.6. The van der Waals surface area contributed by atoms with Gasteiger partial charge in [0, 0.05) is 12.7 Å². The Labute approximate surface area is 126 Å². The van der Waals surface area contributed by atoms with Gasteiger partial charge < -0.3 is 14.9 Å². The fraction of sp³-hybridized carbons (Fsp3) is 0.429. The molecular formula is C14H17FO5S. The summed E-state index contributed by atoms with van der Waals surface area (Å²) < 4.78 is 18.1. The average Bonchev–Trinajstić information content (AvgIpc) is 2.45. The molecular weight excluding hydrogens is 299 g/mol. The van der Waals surface area contributed by atoms with Gasteiger partial charge in [0.2, 0.25) is 0 Å². The molecule has 5 nitrogen and oxygen atoms in total. The van der Waals surface area contributed by atoms with E-state index in [-0.39, 0.29) is 22.7 Å². The van der Waals surface area contributed by atoms with E-state index in [0.717, 1.165) is 24.9 Å². The average molecular weight is 316 g/mol. The monoisotopic (exact) mass is 316 g/mol. The summed E-state index contributed by atoms with van der Waals surface area (Å²) >= 11 is 1.04. The van der Waals surface area contributed by atoms with Gasteiger partial charge >= 0.3 is 5.97 Å². The molecule has 1 aromatic rings. The zero-order valence-corrected chi connectivity index (χ0v) is 12.5. The Hall–Kier alpha value is -1.44. The summed E-state index contributed by atoms with van der Waals surface area (Å²) in [4.78, 5) is 22.0. The van der Waals surface area contributed by atoms with Crippen molar-refractivity contribution in [2.24, 2.45) is 0 Å². The van der Waals surface area contributed by atoms with Gasteiger partial charge in [0.05, 0.1) is 18.8 Å². The minimum absolute atomic E-state index is 0.0786. The Morgan fingerprint density at radius 3 is 2.57 bits per heavy atom. The lowest BCUT2D eigenvalue weighted by Gasteiger charge is -2.18. The molecule has 21 heavy (non-hydrogen) atoms. The van der Waals surface area contributed by atoms with Gasteiger partial charge in [0.1, 0.15) is 11.9 Å². The summed E-state index contributed by atoms with van der Waals surface area (Å²) in [7, 11) is 1.14. The lowest BCUT2D eigenvalue weighted by Crippen LogP contribution is -2.19. The number of hydrogen-bond donors (Lipinski definition) is 2. The first-order valence-corrected chi connectivity index (χ1v) is 7.22. The van der Waals surface area contributed by atoms with Gasteiger partial charge in [0.15, 0.2) is 5.12 Å². The molecule has 1 aromatic carbocycles. The van der Waals surface area contributed by atoms with Crippen molar-refractivity contribution in [3.05, 3.63) is 35.1 Å². The van der Waals surface area contributed by atoms with E-state index in [4.69, 9.17) is 0 Å². The number of aliphatic hydroxyl groups is 2. The fourth-order valence-corrected chi connectivity index (χ4v) is 2.34. The molecule has 0 aliphatic heterocycles. The molecule has 0 aliphatic carbocycles. The molecule has 0 saturated carbocycles. The smallest absolute Gasteiger partial charge is 0.340 e. The predicted molar refractivity (Wildman–Crippen MR) is 76.5 cm³/mol. The van der Waals surface area contributed by atoms with Crippen LogP contribution in [0.3, 0.4) is 0 Å². The van der Waals surface area contributed by atoms with Gasteiger partial charge in [-0.1, -0.05) is 17.8 Å². The van der Waals surface area contributed by atoms with Gasteiger partial charge in [-0.2, -0.15) is 0 Å². The van der Waals surface area contributed by atoms with Gasteiger partial charge in [-0.15, -0.1) is 0 Å². The lowest BCUT2D eigenvalue weighted by molar-refractivity contribution is -0.109. The quantitative estimate of drug-likeness (QED) is 0.777. The van der Waals surface area contributed by atoms with Crippen LogP contribution in [0, 0.1) is 5.82 Å². The number of aliphatic hydroxyl groups excluding tert-OH is 2. The van der Waals surface area contributed by atoms with E-state index in [1.807, 2.05) is 0 Å². The standard InChI is InChI=1S/C14H17FO5S/c1-8(16)21-6-5-12(17)13(18)9-3-4-10(11(15)7-9)14(19)20-2/h3-4,7,12-13,17-18H,5-6H2,1-2H3. The van der Waals surface area contributed by atoms with Gasteiger partial charge in [-0.3, -0.25) is 4.79 Å². The second kappa shape index (κ2) is 8.11. The van der Waals surface area contributed by atoms with Gasteiger partial charge in [-0.05, 0) is 24.1 Å². The van der Waals surface area contributed by atoms with Crippen molar-refractivity contribution in [1.82, 2.24) is 0 Å². The van der Waals surface area contributed by atoms with Crippen LogP contribution in [0.25, 0.3) is 0 Å². The van der Waals surface area contributed by atoms with E-state index in [9.17, 15) is 24.2 Å². The molecule has 0 spiro atoms. The Kier molecular flexibility index (Phi) is 6.80. The maximum absolute atomic E-state index is 13.7. The van der Waals surface area contributed by atoms with Crippen LogP contribution in [0.1, 0.15) is 35.4 Å². The predicted octanol–water partition coefficient (Wildman–Crippen LogP) is 1.68. The molecule has 2 unspecified atom stereocenters. The Morgan fingerprint density at radius 1 is 1.38 bits per heavy atom. The molecule has 0 aliphatic rings. The van der Waals surface area contributed by atoms with Crippen LogP contribution >= 0.6 is 11.8 Å². The number of carbonyl (C=O) groups excluding carboxylic acids is 2. The highest BCUT2D eigenvalue weighted by Gasteiger charge is 2.21. The summed E-state index contributed by atoms with van der Waals surface area (Å²) in [5, 5.41) is 19.7. The summed E-state index contributed by atoms with van der Waals surface area (Å²) in [6.45, 7) is 1.41. The molecule has 116 valence electrons. The number of halogens is 1. The van der Waals surface area contributed by atoms with Crippen LogP contribution in [0.15, 0.2) is 18.2 Å². The Bertz CT molecular complexity index is 520. The maximum Gasteiger partial charge on any atom is 0.340 e.